The molecule has 24 heavy (non-hydrogen) atoms. The van der Waals surface area contributed by atoms with Crippen molar-refractivity contribution in [1.29, 1.82) is 5.26 Å². The van der Waals surface area contributed by atoms with Crippen molar-refractivity contribution in [2.24, 2.45) is 0 Å². The number of carbonyl (C=O) groups is 1. The van der Waals surface area contributed by atoms with Gasteiger partial charge in [-0.1, -0.05) is 34.1 Å². The molecule has 0 bridgehead atoms. The Morgan fingerprint density at radius 3 is 3.00 bits per heavy atom. The van der Waals surface area contributed by atoms with Gasteiger partial charge in [0.15, 0.2) is 0 Å². The first-order valence-corrected chi connectivity index (χ1v) is 10.6. The highest BCUT2D eigenvalue weighted by atomic mass is 33.1. The summed E-state index contributed by atoms with van der Waals surface area (Å²) in [6, 6.07) is 6.31. The Kier molecular flexibility index (Phi) is 8.26. The van der Waals surface area contributed by atoms with Crippen molar-refractivity contribution >= 4 is 33.2 Å². The van der Waals surface area contributed by atoms with E-state index in [1.807, 2.05) is 27.7 Å². The highest BCUT2D eigenvalue weighted by molar-refractivity contribution is 8.77. The Morgan fingerprint density at radius 2 is 2.25 bits per heavy atom. The lowest BCUT2D eigenvalue weighted by molar-refractivity contribution is -0.121. The maximum atomic E-state index is 13.4. The van der Waals surface area contributed by atoms with E-state index in [1.165, 1.54) is 24.7 Å². The number of amides is 1. The number of nitriles is 1. The van der Waals surface area contributed by atoms with E-state index in [0.717, 1.165) is 18.1 Å². The second-order valence-electron chi connectivity index (χ2n) is 5.63. The molecule has 2 N–H and O–H groups in total. The van der Waals surface area contributed by atoms with E-state index in [1.54, 1.807) is 12.1 Å². The van der Waals surface area contributed by atoms with Gasteiger partial charge in [-0.3, -0.25) is 4.79 Å². The van der Waals surface area contributed by atoms with Gasteiger partial charge in [0.25, 0.3) is 0 Å². The van der Waals surface area contributed by atoms with E-state index in [-0.39, 0.29) is 11.5 Å². The number of rotatable bonds is 9. The number of nitrogens with one attached hydrogen (secondary N) is 2. The van der Waals surface area contributed by atoms with Gasteiger partial charge in [-0.2, -0.15) is 5.26 Å². The predicted molar refractivity (Wildman–Crippen MR) is 99.5 cm³/mol. The van der Waals surface area contributed by atoms with Crippen LogP contribution >= 0.6 is 21.6 Å². The third kappa shape index (κ3) is 6.25. The zero-order valence-corrected chi connectivity index (χ0v) is 15.1. The van der Waals surface area contributed by atoms with Crippen molar-refractivity contribution in [3.8, 4) is 6.07 Å². The fourth-order valence-corrected chi connectivity index (χ4v) is 5.52. The Hall–Kier alpha value is -1.39. The summed E-state index contributed by atoms with van der Waals surface area (Å²) in [7, 11) is 3.93. The highest BCUT2D eigenvalue weighted by Gasteiger charge is 2.15. The van der Waals surface area contributed by atoms with Gasteiger partial charge >= 0.3 is 0 Å². The van der Waals surface area contributed by atoms with Crippen molar-refractivity contribution in [3.05, 3.63) is 29.6 Å². The van der Waals surface area contributed by atoms with Crippen LogP contribution in [-0.4, -0.2) is 30.0 Å². The third-order valence-corrected chi connectivity index (χ3v) is 6.80. The summed E-state index contributed by atoms with van der Waals surface area (Å²) in [6.07, 6.45) is 5.05. The molecule has 0 radical (unpaired) electrons. The van der Waals surface area contributed by atoms with Crippen LogP contribution in [0.1, 0.15) is 37.7 Å². The SMILES string of the molecule is N#Cc1c(F)cccc1NCCNC(=O)CCCCC1CCSS1. The van der Waals surface area contributed by atoms with E-state index < -0.39 is 5.82 Å². The molecule has 0 aromatic heterocycles. The van der Waals surface area contributed by atoms with Gasteiger partial charge in [0, 0.05) is 30.5 Å². The zero-order valence-electron chi connectivity index (χ0n) is 13.5. The molecule has 1 aliphatic heterocycles. The summed E-state index contributed by atoms with van der Waals surface area (Å²) in [4.78, 5) is 11.8. The fraction of sp³-hybridized carbons (Fsp3) is 0.529. The minimum Gasteiger partial charge on any atom is -0.382 e. The molecule has 0 saturated carbocycles. The molecule has 1 unspecified atom stereocenters. The number of nitrogens with zero attached hydrogens (tertiary/aromatic N) is 1. The third-order valence-electron chi connectivity index (χ3n) is 3.80. The maximum absolute atomic E-state index is 13.4. The van der Waals surface area contributed by atoms with Gasteiger partial charge in [-0.05, 0) is 31.4 Å². The van der Waals surface area contributed by atoms with Gasteiger partial charge in [-0.25, -0.2) is 4.39 Å². The summed E-state index contributed by atoms with van der Waals surface area (Å²) < 4.78 is 13.4. The minimum absolute atomic E-state index is 0.00627. The minimum atomic E-state index is -0.537. The topological polar surface area (TPSA) is 64.9 Å². The Morgan fingerprint density at radius 1 is 1.38 bits per heavy atom. The average molecular weight is 368 g/mol. The molecule has 7 heteroatoms. The van der Waals surface area contributed by atoms with Gasteiger partial charge in [0.1, 0.15) is 17.4 Å². The maximum Gasteiger partial charge on any atom is 0.220 e. The first-order valence-electron chi connectivity index (χ1n) is 8.18. The lowest BCUT2D eigenvalue weighted by atomic mass is 10.1. The van der Waals surface area contributed by atoms with Crippen LogP contribution in [-0.2, 0) is 4.79 Å². The molecule has 1 fully saturated rings. The van der Waals surface area contributed by atoms with Crippen molar-refractivity contribution in [1.82, 2.24) is 5.32 Å². The van der Waals surface area contributed by atoms with E-state index in [2.05, 4.69) is 10.6 Å². The molecular formula is C17H22FN3OS2. The number of hydrogen-bond donors (Lipinski definition) is 2. The summed E-state index contributed by atoms with van der Waals surface area (Å²) in [5.41, 5.74) is 0.463. The molecule has 1 aromatic carbocycles. The second-order valence-corrected chi connectivity index (χ2v) is 8.41. The van der Waals surface area contributed by atoms with E-state index in [4.69, 9.17) is 5.26 Å². The van der Waals surface area contributed by atoms with E-state index in [9.17, 15) is 9.18 Å². The zero-order chi connectivity index (χ0) is 17.2. The lowest BCUT2D eigenvalue weighted by Gasteiger charge is -2.10. The molecule has 4 nitrogen and oxygen atoms in total. The van der Waals surface area contributed by atoms with Crippen LogP contribution in [0.25, 0.3) is 0 Å². The molecule has 2 rings (SSSR count). The summed E-state index contributed by atoms with van der Waals surface area (Å²) in [5.74, 6) is 0.761. The number of hydrogen-bond acceptors (Lipinski definition) is 5. The average Bonchev–Trinajstić information content (AvgIpc) is 3.09. The molecule has 1 saturated heterocycles. The van der Waals surface area contributed by atoms with Crippen LogP contribution < -0.4 is 10.6 Å². The van der Waals surface area contributed by atoms with Crippen LogP contribution in [0, 0.1) is 17.1 Å². The number of carbonyl (C=O) groups excluding carboxylic acids is 1. The Balaban J connectivity index is 1.56. The number of benzene rings is 1. The standard InChI is InChI=1S/C17H22FN3OS2/c18-15-5-3-6-16(14(15)12-19)20-9-10-21-17(22)7-2-1-4-13-8-11-23-24-13/h3,5-6,13,20H,1-2,4,7-11H2,(H,21,22). The molecular weight excluding hydrogens is 345 g/mol. The van der Waals surface area contributed by atoms with Gasteiger partial charge in [-0.15, -0.1) is 0 Å². The van der Waals surface area contributed by atoms with Gasteiger partial charge in [0.2, 0.25) is 5.91 Å². The molecule has 130 valence electrons. The molecule has 0 aliphatic carbocycles. The number of unbranched alkanes of at least 4 members (excludes halogenated alkanes) is 1. The van der Waals surface area contributed by atoms with Crippen molar-refractivity contribution in [3.63, 3.8) is 0 Å². The van der Waals surface area contributed by atoms with Crippen LogP contribution in [0.15, 0.2) is 18.2 Å². The van der Waals surface area contributed by atoms with Gasteiger partial charge < -0.3 is 10.6 Å². The smallest absolute Gasteiger partial charge is 0.220 e. The van der Waals surface area contributed by atoms with Gasteiger partial charge in [0.05, 0.1) is 5.69 Å². The summed E-state index contributed by atoms with van der Waals surface area (Å²) in [5, 5.41) is 15.5. The van der Waals surface area contributed by atoms with Crippen molar-refractivity contribution in [2.75, 3.05) is 24.2 Å². The Bertz CT molecular complexity index is 586. The first kappa shape index (κ1) is 18.9. The van der Waals surface area contributed by atoms with Crippen LogP contribution in [0.4, 0.5) is 10.1 Å². The highest BCUT2D eigenvalue weighted by Crippen LogP contribution is 2.39. The quantitative estimate of drug-likeness (QED) is 0.511. The van der Waals surface area contributed by atoms with Crippen LogP contribution in [0.5, 0.6) is 0 Å². The van der Waals surface area contributed by atoms with E-state index >= 15 is 0 Å². The summed E-state index contributed by atoms with van der Waals surface area (Å²) >= 11 is 0. The summed E-state index contributed by atoms with van der Waals surface area (Å²) in [6.45, 7) is 0.912. The number of anilines is 1. The molecule has 1 aliphatic rings. The normalized spacial score (nSPS) is 16.6. The lowest BCUT2D eigenvalue weighted by Crippen LogP contribution is -2.28. The van der Waals surface area contributed by atoms with Crippen LogP contribution in [0.3, 0.4) is 0 Å². The molecule has 0 spiro atoms. The largest absolute Gasteiger partial charge is 0.382 e. The fourth-order valence-electron chi connectivity index (χ4n) is 2.49. The van der Waals surface area contributed by atoms with Crippen molar-refractivity contribution < 1.29 is 9.18 Å². The van der Waals surface area contributed by atoms with E-state index in [0.29, 0.717) is 25.2 Å². The predicted octanol–water partition coefficient (Wildman–Crippen LogP) is 3.94. The molecule has 1 amide bonds. The Labute approximate surface area is 150 Å². The first-order chi connectivity index (χ1) is 11.7. The second kappa shape index (κ2) is 10.5. The van der Waals surface area contributed by atoms with Crippen LogP contribution in [0.2, 0.25) is 0 Å². The van der Waals surface area contributed by atoms with Crippen molar-refractivity contribution in [2.45, 2.75) is 37.4 Å². The molecule has 1 aromatic rings. The number of halogens is 1. The monoisotopic (exact) mass is 367 g/mol. The molecule has 1 heterocycles. The molecule has 1 atom stereocenters.